The summed E-state index contributed by atoms with van der Waals surface area (Å²) in [7, 11) is 1.64. The van der Waals surface area contributed by atoms with Crippen LogP contribution in [-0.2, 0) is 0 Å². The van der Waals surface area contributed by atoms with E-state index < -0.39 is 0 Å². The molecular weight excluding hydrogens is 342 g/mol. The van der Waals surface area contributed by atoms with Gasteiger partial charge in [0.15, 0.2) is 0 Å². The number of ether oxygens (including phenoxy) is 1. The first-order valence-corrected chi connectivity index (χ1v) is 7.48. The Morgan fingerprint density at radius 3 is 2.80 bits per heavy atom. The van der Waals surface area contributed by atoms with Gasteiger partial charge in [0.1, 0.15) is 22.5 Å². The van der Waals surface area contributed by atoms with Gasteiger partial charge in [-0.25, -0.2) is 9.97 Å². The predicted molar refractivity (Wildman–Crippen MR) is 83.0 cm³/mol. The number of anilines is 2. The van der Waals surface area contributed by atoms with Crippen LogP contribution in [0, 0.1) is 0 Å². The number of halogens is 2. The third-order valence-electron chi connectivity index (χ3n) is 3.08. The molecule has 1 aliphatic rings. The molecule has 0 radical (unpaired) electrons. The van der Waals surface area contributed by atoms with Crippen LogP contribution in [0.2, 0.25) is 5.15 Å². The molecule has 4 nitrogen and oxygen atoms in total. The van der Waals surface area contributed by atoms with Crippen molar-refractivity contribution < 1.29 is 4.74 Å². The highest BCUT2D eigenvalue weighted by Gasteiger charge is 2.27. The van der Waals surface area contributed by atoms with Crippen molar-refractivity contribution in [1.82, 2.24) is 9.97 Å². The standard InChI is InChI=1S/C14H13BrClN3O/c1-20-11-5-4-9(15)6-10(11)17-13-7-12(16)18-14(19-13)8-2-3-8/h4-8H,2-3H2,1H3,(H,17,18,19). The second-order valence-electron chi connectivity index (χ2n) is 4.68. The highest BCUT2D eigenvalue weighted by Crippen LogP contribution is 2.39. The molecule has 0 unspecified atom stereocenters. The molecule has 0 saturated heterocycles. The van der Waals surface area contributed by atoms with Crippen molar-refractivity contribution in [2.24, 2.45) is 0 Å². The van der Waals surface area contributed by atoms with Gasteiger partial charge in [-0.1, -0.05) is 27.5 Å². The van der Waals surface area contributed by atoms with Crippen molar-refractivity contribution in [2.45, 2.75) is 18.8 Å². The lowest BCUT2D eigenvalue weighted by atomic mass is 10.3. The van der Waals surface area contributed by atoms with Crippen LogP contribution < -0.4 is 10.1 Å². The zero-order valence-corrected chi connectivity index (χ0v) is 13.2. The van der Waals surface area contributed by atoms with Gasteiger partial charge < -0.3 is 10.1 Å². The van der Waals surface area contributed by atoms with Crippen molar-refractivity contribution in [3.8, 4) is 5.75 Å². The minimum atomic E-state index is 0.457. The number of benzene rings is 1. The highest BCUT2D eigenvalue weighted by molar-refractivity contribution is 9.10. The van der Waals surface area contributed by atoms with E-state index in [4.69, 9.17) is 16.3 Å². The van der Waals surface area contributed by atoms with Gasteiger partial charge in [0.25, 0.3) is 0 Å². The lowest BCUT2D eigenvalue weighted by Gasteiger charge is -2.12. The number of nitrogens with zero attached hydrogens (tertiary/aromatic N) is 2. The third kappa shape index (κ3) is 3.04. The van der Waals surface area contributed by atoms with Gasteiger partial charge in [-0.2, -0.15) is 0 Å². The summed E-state index contributed by atoms with van der Waals surface area (Å²) in [6.07, 6.45) is 2.28. The maximum absolute atomic E-state index is 6.06. The average molecular weight is 355 g/mol. The van der Waals surface area contributed by atoms with Crippen LogP contribution >= 0.6 is 27.5 Å². The summed E-state index contributed by atoms with van der Waals surface area (Å²) >= 11 is 9.51. The minimum Gasteiger partial charge on any atom is -0.495 e. The molecule has 3 rings (SSSR count). The molecule has 1 aromatic carbocycles. The fourth-order valence-electron chi connectivity index (χ4n) is 1.94. The van der Waals surface area contributed by atoms with Crippen molar-refractivity contribution in [3.63, 3.8) is 0 Å². The maximum atomic E-state index is 6.06. The first-order valence-electron chi connectivity index (χ1n) is 6.31. The van der Waals surface area contributed by atoms with Crippen LogP contribution in [0.4, 0.5) is 11.5 Å². The van der Waals surface area contributed by atoms with Crippen LogP contribution in [0.25, 0.3) is 0 Å². The predicted octanol–water partition coefficient (Wildman–Crippen LogP) is 4.52. The molecular formula is C14H13BrClN3O. The Morgan fingerprint density at radius 2 is 2.10 bits per heavy atom. The highest BCUT2D eigenvalue weighted by atomic mass is 79.9. The average Bonchev–Trinajstić information content (AvgIpc) is 3.22. The SMILES string of the molecule is COc1ccc(Br)cc1Nc1cc(Cl)nc(C2CC2)n1. The Bertz CT molecular complexity index is 646. The van der Waals surface area contributed by atoms with Gasteiger partial charge in [0.05, 0.1) is 12.8 Å². The third-order valence-corrected chi connectivity index (χ3v) is 3.77. The molecule has 0 aliphatic heterocycles. The molecule has 2 aromatic rings. The van der Waals surface area contributed by atoms with Crippen molar-refractivity contribution in [2.75, 3.05) is 12.4 Å². The molecule has 1 saturated carbocycles. The van der Waals surface area contributed by atoms with Gasteiger partial charge in [-0.3, -0.25) is 0 Å². The van der Waals surface area contributed by atoms with E-state index in [1.807, 2.05) is 18.2 Å². The molecule has 104 valence electrons. The second kappa shape index (κ2) is 5.58. The number of rotatable bonds is 4. The van der Waals surface area contributed by atoms with Gasteiger partial charge in [-0.15, -0.1) is 0 Å². The normalized spacial score (nSPS) is 14.2. The zero-order valence-electron chi connectivity index (χ0n) is 10.9. The van der Waals surface area contributed by atoms with Gasteiger partial charge >= 0.3 is 0 Å². The molecule has 0 atom stereocenters. The fraction of sp³-hybridized carbons (Fsp3) is 0.286. The van der Waals surface area contributed by atoms with Crippen LogP contribution in [0.1, 0.15) is 24.6 Å². The number of hydrogen-bond donors (Lipinski definition) is 1. The van der Waals surface area contributed by atoms with E-state index in [1.54, 1.807) is 13.2 Å². The van der Waals surface area contributed by atoms with Crippen LogP contribution in [0.5, 0.6) is 5.75 Å². The van der Waals surface area contributed by atoms with E-state index in [0.717, 1.165) is 34.6 Å². The number of hydrogen-bond acceptors (Lipinski definition) is 4. The molecule has 1 aliphatic carbocycles. The van der Waals surface area contributed by atoms with E-state index in [9.17, 15) is 0 Å². The molecule has 0 amide bonds. The summed E-state index contributed by atoms with van der Waals surface area (Å²) in [5, 5.41) is 3.69. The summed E-state index contributed by atoms with van der Waals surface area (Å²) in [6.45, 7) is 0. The molecule has 0 bridgehead atoms. The molecule has 1 N–H and O–H groups in total. The Morgan fingerprint density at radius 1 is 1.30 bits per heavy atom. The monoisotopic (exact) mass is 353 g/mol. The smallest absolute Gasteiger partial charge is 0.142 e. The molecule has 1 fully saturated rings. The second-order valence-corrected chi connectivity index (χ2v) is 5.98. The fourth-order valence-corrected chi connectivity index (χ4v) is 2.49. The first kappa shape index (κ1) is 13.6. The van der Waals surface area contributed by atoms with Crippen molar-refractivity contribution in [3.05, 3.63) is 39.7 Å². The lowest BCUT2D eigenvalue weighted by molar-refractivity contribution is 0.416. The number of nitrogens with one attached hydrogen (secondary N) is 1. The quantitative estimate of drug-likeness (QED) is 0.820. The van der Waals surface area contributed by atoms with Crippen LogP contribution in [0.3, 0.4) is 0 Å². The molecule has 1 aromatic heterocycles. The summed E-state index contributed by atoms with van der Waals surface area (Å²) in [5.41, 5.74) is 0.832. The maximum Gasteiger partial charge on any atom is 0.142 e. The number of methoxy groups -OCH3 is 1. The topological polar surface area (TPSA) is 47.0 Å². The van der Waals surface area contributed by atoms with Crippen molar-refractivity contribution in [1.29, 1.82) is 0 Å². The molecule has 6 heteroatoms. The Labute approximate surface area is 130 Å². The van der Waals surface area contributed by atoms with E-state index in [-0.39, 0.29) is 0 Å². The molecule has 1 heterocycles. The van der Waals surface area contributed by atoms with E-state index in [2.05, 4.69) is 31.2 Å². The van der Waals surface area contributed by atoms with Crippen molar-refractivity contribution >= 4 is 39.0 Å². The van der Waals surface area contributed by atoms with E-state index >= 15 is 0 Å². The Hall–Kier alpha value is -1.33. The van der Waals surface area contributed by atoms with Gasteiger partial charge in [-0.05, 0) is 31.0 Å². The van der Waals surface area contributed by atoms with E-state index in [0.29, 0.717) is 16.9 Å². The summed E-state index contributed by atoms with van der Waals surface area (Å²) < 4.78 is 6.29. The molecule has 0 spiro atoms. The summed E-state index contributed by atoms with van der Waals surface area (Å²) in [4.78, 5) is 8.79. The lowest BCUT2D eigenvalue weighted by Crippen LogP contribution is -2.01. The Kier molecular flexibility index (Phi) is 3.81. The van der Waals surface area contributed by atoms with Gasteiger partial charge in [0.2, 0.25) is 0 Å². The summed E-state index contributed by atoms with van der Waals surface area (Å²) in [5.74, 6) is 2.70. The number of aromatic nitrogens is 2. The molecule has 20 heavy (non-hydrogen) atoms. The largest absolute Gasteiger partial charge is 0.495 e. The first-order chi connectivity index (χ1) is 9.65. The van der Waals surface area contributed by atoms with Gasteiger partial charge in [0, 0.05) is 16.5 Å². The van der Waals surface area contributed by atoms with E-state index in [1.165, 1.54) is 0 Å². The summed E-state index contributed by atoms with van der Waals surface area (Å²) in [6, 6.07) is 7.46. The Balaban J connectivity index is 1.92. The van der Waals surface area contributed by atoms with Crippen LogP contribution in [-0.4, -0.2) is 17.1 Å². The van der Waals surface area contributed by atoms with Crippen LogP contribution in [0.15, 0.2) is 28.7 Å². The zero-order chi connectivity index (χ0) is 14.1. The minimum absolute atomic E-state index is 0.457.